The molecule has 0 aliphatic heterocycles. The van der Waals surface area contributed by atoms with Gasteiger partial charge >= 0.3 is 0 Å². The zero-order valence-electron chi connectivity index (χ0n) is 12.6. The highest BCUT2D eigenvalue weighted by Crippen LogP contribution is 2.20. The molecule has 0 bridgehead atoms. The van der Waals surface area contributed by atoms with Crippen LogP contribution in [0, 0.1) is 6.92 Å². The second kappa shape index (κ2) is 9.80. The Labute approximate surface area is 119 Å². The molecule has 1 heteroatoms. The summed E-state index contributed by atoms with van der Waals surface area (Å²) in [7, 11) is 0. The molecule has 1 rings (SSSR count). The Morgan fingerprint density at radius 3 is 2.53 bits per heavy atom. The number of allylic oxidation sites excluding steroid dienone is 1. The van der Waals surface area contributed by atoms with E-state index < -0.39 is 0 Å². The molecule has 1 atom stereocenters. The highest BCUT2D eigenvalue weighted by atomic mass is 14.9. The lowest BCUT2D eigenvalue weighted by Gasteiger charge is -2.19. The van der Waals surface area contributed by atoms with Crippen molar-refractivity contribution in [2.24, 2.45) is 0 Å². The van der Waals surface area contributed by atoms with Crippen molar-refractivity contribution >= 4 is 0 Å². The van der Waals surface area contributed by atoms with Crippen LogP contribution in [0.5, 0.6) is 0 Å². The van der Waals surface area contributed by atoms with E-state index in [1.54, 1.807) is 0 Å². The van der Waals surface area contributed by atoms with Gasteiger partial charge in [0.2, 0.25) is 0 Å². The molecule has 0 spiro atoms. The summed E-state index contributed by atoms with van der Waals surface area (Å²) in [6.45, 7) is 9.25. The fourth-order valence-electron chi connectivity index (χ4n) is 2.32. The standard InChI is InChI=1S/C18H29N/c1-4-6-7-8-9-10-18(19-15-5-2)17-13-11-16(3)12-14-17/h4,11-14,18-19H,1,5-10,15H2,2-3H3. The average molecular weight is 259 g/mol. The van der Waals surface area contributed by atoms with Gasteiger partial charge in [0.1, 0.15) is 0 Å². The molecule has 0 saturated heterocycles. The molecule has 0 radical (unpaired) electrons. The van der Waals surface area contributed by atoms with Crippen LogP contribution < -0.4 is 5.32 Å². The number of benzene rings is 1. The monoisotopic (exact) mass is 259 g/mol. The molecule has 106 valence electrons. The zero-order valence-corrected chi connectivity index (χ0v) is 12.6. The van der Waals surface area contributed by atoms with Crippen molar-refractivity contribution in [1.82, 2.24) is 5.32 Å². The number of hydrogen-bond acceptors (Lipinski definition) is 1. The Balaban J connectivity index is 2.46. The Bertz CT molecular complexity index is 339. The van der Waals surface area contributed by atoms with Crippen LogP contribution >= 0.6 is 0 Å². The molecule has 0 saturated carbocycles. The molecule has 0 aliphatic rings. The van der Waals surface area contributed by atoms with Gasteiger partial charge in [-0.25, -0.2) is 0 Å². The van der Waals surface area contributed by atoms with Gasteiger partial charge in [0.25, 0.3) is 0 Å². The van der Waals surface area contributed by atoms with E-state index in [0.717, 1.165) is 13.0 Å². The summed E-state index contributed by atoms with van der Waals surface area (Å²) in [6, 6.07) is 9.49. The first-order chi connectivity index (χ1) is 9.27. The van der Waals surface area contributed by atoms with Crippen LogP contribution in [0.25, 0.3) is 0 Å². The zero-order chi connectivity index (χ0) is 13.9. The Hall–Kier alpha value is -1.08. The molecule has 1 N–H and O–H groups in total. The van der Waals surface area contributed by atoms with Crippen LogP contribution in [-0.2, 0) is 0 Å². The molecule has 19 heavy (non-hydrogen) atoms. The van der Waals surface area contributed by atoms with Gasteiger partial charge in [-0.2, -0.15) is 0 Å². The molecular formula is C18H29N. The van der Waals surface area contributed by atoms with Gasteiger partial charge in [0, 0.05) is 6.04 Å². The van der Waals surface area contributed by atoms with Gasteiger partial charge in [0.05, 0.1) is 0 Å². The Morgan fingerprint density at radius 2 is 1.89 bits per heavy atom. The number of unbranched alkanes of at least 4 members (excludes halogenated alkanes) is 3. The van der Waals surface area contributed by atoms with Crippen LogP contribution in [0.3, 0.4) is 0 Å². The van der Waals surface area contributed by atoms with Gasteiger partial charge < -0.3 is 5.32 Å². The third kappa shape index (κ3) is 6.58. The highest BCUT2D eigenvalue weighted by molar-refractivity contribution is 5.24. The predicted octanol–water partition coefficient (Wildman–Crippen LogP) is 5.17. The molecular weight excluding hydrogens is 230 g/mol. The minimum atomic E-state index is 0.518. The summed E-state index contributed by atoms with van der Waals surface area (Å²) in [5, 5.41) is 3.68. The molecule has 0 amide bonds. The molecule has 0 heterocycles. The van der Waals surface area contributed by atoms with E-state index in [9.17, 15) is 0 Å². The number of nitrogens with one attached hydrogen (secondary N) is 1. The molecule has 0 aliphatic carbocycles. The maximum Gasteiger partial charge on any atom is 0.0320 e. The van der Waals surface area contributed by atoms with E-state index >= 15 is 0 Å². The van der Waals surface area contributed by atoms with Crippen molar-refractivity contribution in [3.8, 4) is 0 Å². The second-order valence-corrected chi connectivity index (χ2v) is 5.34. The molecule has 1 aromatic carbocycles. The third-order valence-corrected chi connectivity index (χ3v) is 3.52. The largest absolute Gasteiger partial charge is 0.310 e. The third-order valence-electron chi connectivity index (χ3n) is 3.52. The first-order valence-corrected chi connectivity index (χ1v) is 7.68. The van der Waals surface area contributed by atoms with E-state index in [1.807, 2.05) is 6.08 Å². The molecule has 0 fully saturated rings. The quantitative estimate of drug-likeness (QED) is 0.451. The molecule has 1 aromatic rings. The van der Waals surface area contributed by atoms with Gasteiger partial charge in [-0.3, -0.25) is 0 Å². The minimum Gasteiger partial charge on any atom is -0.310 e. The van der Waals surface area contributed by atoms with Crippen LogP contribution in [0.2, 0.25) is 0 Å². The van der Waals surface area contributed by atoms with Crippen LogP contribution in [0.4, 0.5) is 0 Å². The SMILES string of the molecule is C=CCCCCCC(NCCC)c1ccc(C)cc1. The van der Waals surface area contributed by atoms with Gasteiger partial charge in [-0.05, 0) is 44.7 Å². The second-order valence-electron chi connectivity index (χ2n) is 5.34. The summed E-state index contributed by atoms with van der Waals surface area (Å²) in [4.78, 5) is 0. The van der Waals surface area contributed by atoms with Gasteiger partial charge in [-0.1, -0.05) is 55.7 Å². The minimum absolute atomic E-state index is 0.518. The lowest BCUT2D eigenvalue weighted by atomic mass is 9.99. The maximum atomic E-state index is 3.78. The highest BCUT2D eigenvalue weighted by Gasteiger charge is 2.09. The normalized spacial score (nSPS) is 12.3. The van der Waals surface area contributed by atoms with Crippen molar-refractivity contribution < 1.29 is 0 Å². The van der Waals surface area contributed by atoms with E-state index in [4.69, 9.17) is 0 Å². The van der Waals surface area contributed by atoms with E-state index in [2.05, 4.69) is 50.0 Å². The van der Waals surface area contributed by atoms with Crippen LogP contribution in [0.1, 0.15) is 62.6 Å². The lowest BCUT2D eigenvalue weighted by molar-refractivity contribution is 0.472. The number of hydrogen-bond donors (Lipinski definition) is 1. The number of rotatable bonds is 10. The van der Waals surface area contributed by atoms with E-state index in [0.29, 0.717) is 6.04 Å². The predicted molar refractivity (Wildman–Crippen MR) is 85.5 cm³/mol. The van der Waals surface area contributed by atoms with Crippen LogP contribution in [-0.4, -0.2) is 6.54 Å². The summed E-state index contributed by atoms with van der Waals surface area (Å²) < 4.78 is 0. The van der Waals surface area contributed by atoms with Crippen molar-refractivity contribution in [3.63, 3.8) is 0 Å². The fraction of sp³-hybridized carbons (Fsp3) is 0.556. The summed E-state index contributed by atoms with van der Waals surface area (Å²) in [6.07, 6.45) is 9.48. The molecule has 0 aromatic heterocycles. The number of aryl methyl sites for hydroxylation is 1. The Kier molecular flexibility index (Phi) is 8.24. The van der Waals surface area contributed by atoms with E-state index in [-0.39, 0.29) is 0 Å². The van der Waals surface area contributed by atoms with Crippen molar-refractivity contribution in [2.45, 2.75) is 58.4 Å². The summed E-state index contributed by atoms with van der Waals surface area (Å²) >= 11 is 0. The van der Waals surface area contributed by atoms with Crippen molar-refractivity contribution in [2.75, 3.05) is 6.54 Å². The van der Waals surface area contributed by atoms with Gasteiger partial charge in [-0.15, -0.1) is 6.58 Å². The van der Waals surface area contributed by atoms with Crippen molar-refractivity contribution in [1.29, 1.82) is 0 Å². The first kappa shape index (κ1) is 16.0. The Morgan fingerprint density at radius 1 is 1.16 bits per heavy atom. The first-order valence-electron chi connectivity index (χ1n) is 7.68. The van der Waals surface area contributed by atoms with Crippen LogP contribution in [0.15, 0.2) is 36.9 Å². The topological polar surface area (TPSA) is 12.0 Å². The summed E-state index contributed by atoms with van der Waals surface area (Å²) in [5.41, 5.74) is 2.77. The smallest absolute Gasteiger partial charge is 0.0320 e. The van der Waals surface area contributed by atoms with Crippen molar-refractivity contribution in [3.05, 3.63) is 48.0 Å². The average Bonchev–Trinajstić information content (AvgIpc) is 2.43. The summed E-state index contributed by atoms with van der Waals surface area (Å²) in [5.74, 6) is 0. The molecule has 1 unspecified atom stereocenters. The van der Waals surface area contributed by atoms with E-state index in [1.165, 1.54) is 43.2 Å². The fourth-order valence-corrected chi connectivity index (χ4v) is 2.32. The lowest BCUT2D eigenvalue weighted by Crippen LogP contribution is -2.22. The molecule has 1 nitrogen and oxygen atoms in total. The van der Waals surface area contributed by atoms with Gasteiger partial charge in [0.15, 0.2) is 0 Å². The maximum absolute atomic E-state index is 3.78.